The molecule has 31 heavy (non-hydrogen) atoms. The Labute approximate surface area is 179 Å². The molecule has 8 nitrogen and oxygen atoms in total. The van der Waals surface area contributed by atoms with Gasteiger partial charge in [-0.3, -0.25) is 14.5 Å². The number of benzene rings is 1. The fourth-order valence-corrected chi connectivity index (χ4v) is 3.79. The Morgan fingerprint density at radius 3 is 3.00 bits per heavy atom. The predicted octanol–water partition coefficient (Wildman–Crippen LogP) is 2.22. The molecule has 0 amide bonds. The summed E-state index contributed by atoms with van der Waals surface area (Å²) >= 11 is 0. The molecule has 1 fully saturated rings. The molecule has 2 aliphatic heterocycles. The second kappa shape index (κ2) is 8.79. The van der Waals surface area contributed by atoms with Crippen molar-refractivity contribution >= 4 is 12.2 Å². The molecule has 5 rings (SSSR count). The van der Waals surface area contributed by atoms with Gasteiger partial charge in [0.1, 0.15) is 12.7 Å². The van der Waals surface area contributed by atoms with Gasteiger partial charge in [-0.05, 0) is 23.6 Å². The molecule has 0 spiro atoms. The van der Waals surface area contributed by atoms with Crippen molar-refractivity contribution in [2.24, 2.45) is 0 Å². The van der Waals surface area contributed by atoms with Crippen LogP contribution in [0.4, 0.5) is 0 Å². The van der Waals surface area contributed by atoms with Crippen LogP contribution in [-0.2, 0) is 22.4 Å². The molecule has 3 aromatic rings. The molecule has 158 valence electrons. The third kappa shape index (κ3) is 4.40. The monoisotopic (exact) mass is 418 g/mol. The van der Waals surface area contributed by atoms with Crippen LogP contribution in [0.5, 0.6) is 5.88 Å². The number of aryl methyl sites for hydroxylation is 1. The molecular weight excluding hydrogens is 396 g/mol. The highest BCUT2D eigenvalue weighted by Gasteiger charge is 2.20. The van der Waals surface area contributed by atoms with Gasteiger partial charge in [-0.15, -0.1) is 0 Å². The lowest BCUT2D eigenvalue weighted by molar-refractivity contribution is -0.102. The highest BCUT2D eigenvalue weighted by Crippen LogP contribution is 2.30. The lowest BCUT2D eigenvalue weighted by Gasteiger charge is -2.24. The SMILES string of the molecule is O=c1nc(OCC2COCCO2)cc2n1CCc1cc(/C=C/c3cnccn3)ccc1-2. The Kier molecular flexibility index (Phi) is 5.56. The van der Waals surface area contributed by atoms with Crippen molar-refractivity contribution in [2.75, 3.05) is 26.4 Å². The maximum Gasteiger partial charge on any atom is 0.351 e. The molecule has 1 aromatic carbocycles. The average Bonchev–Trinajstić information content (AvgIpc) is 2.82. The van der Waals surface area contributed by atoms with Crippen LogP contribution in [0.1, 0.15) is 16.8 Å². The Bertz CT molecular complexity index is 1150. The van der Waals surface area contributed by atoms with Crippen LogP contribution in [0, 0.1) is 0 Å². The van der Waals surface area contributed by atoms with E-state index in [1.54, 1.807) is 23.2 Å². The molecule has 0 aliphatic carbocycles. The Hall–Kier alpha value is -3.36. The molecule has 0 saturated carbocycles. The lowest BCUT2D eigenvalue weighted by Crippen LogP contribution is -2.34. The van der Waals surface area contributed by atoms with Crippen LogP contribution < -0.4 is 10.4 Å². The number of ether oxygens (including phenoxy) is 3. The van der Waals surface area contributed by atoms with E-state index < -0.39 is 0 Å². The summed E-state index contributed by atoms with van der Waals surface area (Å²) in [6, 6.07) is 8.04. The van der Waals surface area contributed by atoms with Crippen LogP contribution in [0.2, 0.25) is 0 Å². The molecule has 0 bridgehead atoms. The molecule has 0 radical (unpaired) electrons. The smallest absolute Gasteiger partial charge is 0.351 e. The normalized spacial score (nSPS) is 17.9. The van der Waals surface area contributed by atoms with Gasteiger partial charge in [0.05, 0.1) is 37.4 Å². The lowest BCUT2D eigenvalue weighted by atomic mass is 9.95. The van der Waals surface area contributed by atoms with Crippen LogP contribution in [0.15, 0.2) is 47.7 Å². The van der Waals surface area contributed by atoms with Crippen LogP contribution >= 0.6 is 0 Å². The molecule has 2 aromatic heterocycles. The Morgan fingerprint density at radius 2 is 2.16 bits per heavy atom. The molecule has 1 atom stereocenters. The fourth-order valence-electron chi connectivity index (χ4n) is 3.79. The van der Waals surface area contributed by atoms with Gasteiger partial charge in [-0.25, -0.2) is 4.79 Å². The van der Waals surface area contributed by atoms with E-state index in [2.05, 4.69) is 21.0 Å². The standard InChI is InChI=1S/C23H22N4O4/c28-23-26-22(31-15-19-14-29-9-10-30-19)12-21-20-4-2-16(11-17(20)5-8-27(21)23)1-3-18-13-24-6-7-25-18/h1-4,6-7,11-13,19H,5,8-10,14-15H2/b3-1+. The van der Waals surface area contributed by atoms with Gasteiger partial charge in [-0.1, -0.05) is 24.3 Å². The highest BCUT2D eigenvalue weighted by molar-refractivity contribution is 5.73. The zero-order valence-electron chi connectivity index (χ0n) is 16.9. The van der Waals surface area contributed by atoms with Crippen LogP contribution in [0.3, 0.4) is 0 Å². The van der Waals surface area contributed by atoms with Gasteiger partial charge >= 0.3 is 5.69 Å². The Morgan fingerprint density at radius 1 is 1.19 bits per heavy atom. The first-order chi connectivity index (χ1) is 15.3. The summed E-state index contributed by atoms with van der Waals surface area (Å²) in [5, 5.41) is 0. The maximum absolute atomic E-state index is 12.6. The minimum atomic E-state index is -0.300. The molecule has 1 unspecified atom stereocenters. The minimum Gasteiger partial charge on any atom is -0.475 e. The van der Waals surface area contributed by atoms with Crippen molar-refractivity contribution in [3.63, 3.8) is 0 Å². The summed E-state index contributed by atoms with van der Waals surface area (Å²) in [6.07, 6.45) is 9.61. The minimum absolute atomic E-state index is 0.148. The average molecular weight is 418 g/mol. The van der Waals surface area contributed by atoms with Gasteiger partial charge < -0.3 is 14.2 Å². The summed E-state index contributed by atoms with van der Waals surface area (Å²) in [4.78, 5) is 25.0. The fraction of sp³-hybridized carbons (Fsp3) is 0.304. The summed E-state index contributed by atoms with van der Waals surface area (Å²) in [5.41, 5.74) is 4.59. The summed E-state index contributed by atoms with van der Waals surface area (Å²) < 4.78 is 18.4. The van der Waals surface area contributed by atoms with Crippen molar-refractivity contribution in [2.45, 2.75) is 19.1 Å². The molecule has 8 heteroatoms. The van der Waals surface area contributed by atoms with E-state index in [4.69, 9.17) is 14.2 Å². The molecular formula is C23H22N4O4. The number of nitrogens with zero attached hydrogens (tertiary/aromatic N) is 4. The number of rotatable bonds is 5. The molecule has 2 aliphatic rings. The maximum atomic E-state index is 12.6. The number of aromatic nitrogens is 4. The van der Waals surface area contributed by atoms with Gasteiger partial charge in [-0.2, -0.15) is 4.98 Å². The molecule has 1 saturated heterocycles. The van der Waals surface area contributed by atoms with Crippen LogP contribution in [0.25, 0.3) is 23.4 Å². The zero-order chi connectivity index (χ0) is 21.0. The van der Waals surface area contributed by atoms with E-state index in [0.29, 0.717) is 38.9 Å². The van der Waals surface area contributed by atoms with Crippen molar-refractivity contribution in [1.29, 1.82) is 0 Å². The number of hydrogen-bond acceptors (Lipinski definition) is 7. The van der Waals surface area contributed by atoms with E-state index >= 15 is 0 Å². The second-order valence-corrected chi connectivity index (χ2v) is 7.42. The first-order valence-corrected chi connectivity index (χ1v) is 10.3. The highest BCUT2D eigenvalue weighted by atomic mass is 16.6. The van der Waals surface area contributed by atoms with E-state index in [1.807, 2.05) is 30.4 Å². The van der Waals surface area contributed by atoms with Crippen molar-refractivity contribution in [1.82, 2.24) is 19.5 Å². The quantitative estimate of drug-likeness (QED) is 0.628. The molecule has 0 N–H and O–H groups in total. The number of fused-ring (bicyclic) bond motifs is 3. The van der Waals surface area contributed by atoms with Gasteiger partial charge in [0.15, 0.2) is 0 Å². The molecule has 4 heterocycles. The summed E-state index contributed by atoms with van der Waals surface area (Å²) in [5.74, 6) is 0.310. The summed E-state index contributed by atoms with van der Waals surface area (Å²) in [7, 11) is 0. The first-order valence-electron chi connectivity index (χ1n) is 10.3. The first kappa shape index (κ1) is 19.6. The zero-order valence-corrected chi connectivity index (χ0v) is 16.9. The van der Waals surface area contributed by atoms with E-state index in [0.717, 1.165) is 28.9 Å². The predicted molar refractivity (Wildman–Crippen MR) is 115 cm³/mol. The van der Waals surface area contributed by atoms with Crippen molar-refractivity contribution < 1.29 is 14.2 Å². The van der Waals surface area contributed by atoms with E-state index in [9.17, 15) is 4.79 Å². The summed E-state index contributed by atoms with van der Waals surface area (Å²) in [6.45, 7) is 2.52. The van der Waals surface area contributed by atoms with Crippen LogP contribution in [-0.4, -0.2) is 52.1 Å². The van der Waals surface area contributed by atoms with Gasteiger partial charge in [0, 0.05) is 30.6 Å². The van der Waals surface area contributed by atoms with Crippen molar-refractivity contribution in [3.05, 3.63) is 70.2 Å². The third-order valence-corrected chi connectivity index (χ3v) is 5.33. The topological polar surface area (TPSA) is 88.4 Å². The van der Waals surface area contributed by atoms with Crippen molar-refractivity contribution in [3.8, 4) is 17.1 Å². The van der Waals surface area contributed by atoms with E-state index in [-0.39, 0.29) is 11.8 Å². The second-order valence-electron chi connectivity index (χ2n) is 7.42. The Balaban J connectivity index is 1.39. The van der Waals surface area contributed by atoms with E-state index in [1.165, 1.54) is 5.56 Å². The third-order valence-electron chi connectivity index (χ3n) is 5.33. The van der Waals surface area contributed by atoms with Gasteiger partial charge in [0.25, 0.3) is 0 Å². The number of hydrogen-bond donors (Lipinski definition) is 0. The van der Waals surface area contributed by atoms with Gasteiger partial charge in [0.2, 0.25) is 5.88 Å². The largest absolute Gasteiger partial charge is 0.475 e.